The molecule has 3 rings (SSSR count). The molecule has 0 heterocycles. The molecule has 7 heteroatoms. The average Bonchev–Trinajstić information content (AvgIpc) is 3.09. The normalized spacial score (nSPS) is 14.1. The van der Waals surface area contributed by atoms with Crippen LogP contribution in [-0.4, -0.2) is 42.3 Å². The van der Waals surface area contributed by atoms with Crippen LogP contribution in [0.1, 0.15) is 50.2 Å². The zero-order chi connectivity index (χ0) is 23.1. The summed E-state index contributed by atoms with van der Waals surface area (Å²) in [7, 11) is 0. The van der Waals surface area contributed by atoms with Gasteiger partial charge in [-0.1, -0.05) is 68.8 Å². The van der Waals surface area contributed by atoms with Crippen LogP contribution >= 0.6 is 0 Å². The first-order valence-electron chi connectivity index (χ1n) is 11.0. The van der Waals surface area contributed by atoms with Gasteiger partial charge in [0, 0.05) is 18.5 Å². The molecule has 0 aliphatic heterocycles. The number of carboxylic acid groups (broad SMARTS) is 1. The first-order chi connectivity index (χ1) is 15.4. The number of fused-ring (bicyclic) bond motifs is 3. The summed E-state index contributed by atoms with van der Waals surface area (Å²) in [5, 5.41) is 14.4. The molecule has 0 aromatic heterocycles. The quantitative estimate of drug-likeness (QED) is 0.521. The summed E-state index contributed by atoms with van der Waals surface area (Å²) >= 11 is 0. The van der Waals surface area contributed by atoms with Gasteiger partial charge in [0.05, 0.1) is 12.3 Å². The van der Waals surface area contributed by atoms with Crippen LogP contribution in [0.5, 0.6) is 0 Å². The van der Waals surface area contributed by atoms with E-state index < -0.39 is 24.0 Å². The Hall–Kier alpha value is -3.35. The molecule has 1 aliphatic rings. The average molecular weight is 439 g/mol. The van der Waals surface area contributed by atoms with Crippen LogP contribution in [0, 0.1) is 5.92 Å². The highest BCUT2D eigenvalue weighted by Gasteiger charge is 2.29. The summed E-state index contributed by atoms with van der Waals surface area (Å²) in [5.41, 5.74) is 4.58. The van der Waals surface area contributed by atoms with E-state index in [1.54, 1.807) is 6.92 Å². The standard InChI is InChI=1S/C25H30N2O5/c1-3-8-17(13-23(28)29)27-24(30)16(2)14-26-25(31)32-15-22-20-11-6-4-9-18(20)19-10-5-7-12-21(19)22/h4-7,9-12,16-17,22H,3,8,13-15H2,1-2H3,(H,26,31)(H,27,30)(H,28,29). The fourth-order valence-corrected chi connectivity index (χ4v) is 4.11. The molecule has 0 radical (unpaired) electrons. The second kappa shape index (κ2) is 10.8. The Morgan fingerprint density at radius 1 is 1.03 bits per heavy atom. The number of hydrogen-bond acceptors (Lipinski definition) is 4. The maximum absolute atomic E-state index is 12.4. The van der Waals surface area contributed by atoms with Gasteiger partial charge in [0.25, 0.3) is 0 Å². The van der Waals surface area contributed by atoms with Gasteiger partial charge in [0.2, 0.25) is 5.91 Å². The Balaban J connectivity index is 1.50. The van der Waals surface area contributed by atoms with Gasteiger partial charge in [-0.15, -0.1) is 0 Å². The highest BCUT2D eigenvalue weighted by atomic mass is 16.5. The fourth-order valence-electron chi connectivity index (χ4n) is 4.11. The third-order valence-corrected chi connectivity index (χ3v) is 5.75. The number of nitrogens with one attached hydrogen (secondary N) is 2. The SMILES string of the molecule is CCCC(CC(=O)O)NC(=O)C(C)CNC(=O)OCC1c2ccccc2-c2ccccc21. The highest BCUT2D eigenvalue weighted by molar-refractivity contribution is 5.81. The van der Waals surface area contributed by atoms with Crippen LogP contribution < -0.4 is 10.6 Å². The predicted molar refractivity (Wildman–Crippen MR) is 121 cm³/mol. The molecule has 0 saturated heterocycles. The van der Waals surface area contributed by atoms with Crippen molar-refractivity contribution in [2.24, 2.45) is 5.92 Å². The van der Waals surface area contributed by atoms with E-state index in [-0.39, 0.29) is 31.4 Å². The van der Waals surface area contributed by atoms with E-state index in [0.717, 1.165) is 28.7 Å². The van der Waals surface area contributed by atoms with Crippen molar-refractivity contribution < 1.29 is 24.2 Å². The zero-order valence-corrected chi connectivity index (χ0v) is 18.5. The number of benzene rings is 2. The largest absolute Gasteiger partial charge is 0.481 e. The second-order valence-electron chi connectivity index (χ2n) is 8.20. The predicted octanol–water partition coefficient (Wildman–Crippen LogP) is 3.92. The van der Waals surface area contributed by atoms with Crippen LogP contribution in [0.2, 0.25) is 0 Å². The highest BCUT2D eigenvalue weighted by Crippen LogP contribution is 2.44. The van der Waals surface area contributed by atoms with Crippen molar-refractivity contribution in [1.29, 1.82) is 0 Å². The van der Waals surface area contributed by atoms with Crippen molar-refractivity contribution in [3.63, 3.8) is 0 Å². The molecular weight excluding hydrogens is 408 g/mol. The Morgan fingerprint density at radius 2 is 1.62 bits per heavy atom. The molecule has 2 amide bonds. The van der Waals surface area contributed by atoms with Gasteiger partial charge in [0.1, 0.15) is 6.61 Å². The van der Waals surface area contributed by atoms with Gasteiger partial charge < -0.3 is 20.5 Å². The lowest BCUT2D eigenvalue weighted by atomic mass is 9.98. The molecule has 0 bridgehead atoms. The molecule has 7 nitrogen and oxygen atoms in total. The molecular formula is C25H30N2O5. The number of amides is 2. The summed E-state index contributed by atoms with van der Waals surface area (Å²) in [6.45, 7) is 3.93. The van der Waals surface area contributed by atoms with Gasteiger partial charge in [-0.05, 0) is 28.7 Å². The van der Waals surface area contributed by atoms with Crippen molar-refractivity contribution in [3.05, 3.63) is 59.7 Å². The Kier molecular flexibility index (Phi) is 7.87. The molecule has 32 heavy (non-hydrogen) atoms. The molecule has 3 N–H and O–H groups in total. The molecule has 2 aromatic carbocycles. The van der Waals surface area contributed by atoms with Gasteiger partial charge >= 0.3 is 12.1 Å². The van der Waals surface area contributed by atoms with Gasteiger partial charge in [-0.2, -0.15) is 0 Å². The van der Waals surface area contributed by atoms with E-state index in [0.29, 0.717) is 6.42 Å². The van der Waals surface area contributed by atoms with E-state index in [9.17, 15) is 14.4 Å². The molecule has 2 unspecified atom stereocenters. The van der Waals surface area contributed by atoms with Crippen LogP contribution in [0.3, 0.4) is 0 Å². The Labute approximate surface area is 188 Å². The summed E-state index contributed by atoms with van der Waals surface area (Å²) in [6, 6.07) is 15.8. The first kappa shape index (κ1) is 23.3. The number of rotatable bonds is 10. The van der Waals surface area contributed by atoms with E-state index in [1.165, 1.54) is 0 Å². The first-order valence-corrected chi connectivity index (χ1v) is 11.0. The summed E-state index contributed by atoms with van der Waals surface area (Å²) in [4.78, 5) is 35.6. The number of ether oxygens (including phenoxy) is 1. The topological polar surface area (TPSA) is 105 Å². The second-order valence-corrected chi connectivity index (χ2v) is 8.20. The van der Waals surface area contributed by atoms with E-state index in [4.69, 9.17) is 9.84 Å². The van der Waals surface area contributed by atoms with Gasteiger partial charge in [-0.3, -0.25) is 9.59 Å². The Morgan fingerprint density at radius 3 is 2.19 bits per heavy atom. The monoisotopic (exact) mass is 438 g/mol. The van der Waals surface area contributed by atoms with Crippen molar-refractivity contribution in [1.82, 2.24) is 10.6 Å². The fraction of sp³-hybridized carbons (Fsp3) is 0.400. The number of alkyl carbamates (subject to hydrolysis) is 1. The lowest BCUT2D eigenvalue weighted by Gasteiger charge is -2.20. The number of hydrogen-bond donors (Lipinski definition) is 3. The van der Waals surface area contributed by atoms with E-state index >= 15 is 0 Å². The van der Waals surface area contributed by atoms with Crippen molar-refractivity contribution >= 4 is 18.0 Å². The summed E-state index contributed by atoms with van der Waals surface area (Å²) in [6.07, 6.45) is 0.656. The van der Waals surface area contributed by atoms with Crippen molar-refractivity contribution in [2.75, 3.05) is 13.2 Å². The van der Waals surface area contributed by atoms with E-state index in [2.05, 4.69) is 34.9 Å². The smallest absolute Gasteiger partial charge is 0.407 e. The maximum Gasteiger partial charge on any atom is 0.407 e. The molecule has 2 atom stereocenters. The number of aliphatic carboxylic acids is 1. The van der Waals surface area contributed by atoms with Crippen LogP contribution in [0.4, 0.5) is 4.79 Å². The van der Waals surface area contributed by atoms with Crippen LogP contribution in [-0.2, 0) is 14.3 Å². The number of carbonyl (C=O) groups is 3. The molecule has 2 aromatic rings. The molecule has 0 saturated carbocycles. The van der Waals surface area contributed by atoms with Crippen molar-refractivity contribution in [3.8, 4) is 11.1 Å². The van der Waals surface area contributed by atoms with Gasteiger partial charge in [0.15, 0.2) is 0 Å². The third-order valence-electron chi connectivity index (χ3n) is 5.75. The molecule has 0 fully saturated rings. The molecule has 0 spiro atoms. The van der Waals surface area contributed by atoms with Crippen LogP contribution in [0.15, 0.2) is 48.5 Å². The third kappa shape index (κ3) is 5.66. The van der Waals surface area contributed by atoms with Gasteiger partial charge in [-0.25, -0.2) is 4.79 Å². The molecule has 170 valence electrons. The number of carbonyl (C=O) groups excluding carboxylic acids is 2. The minimum atomic E-state index is -0.951. The maximum atomic E-state index is 12.4. The minimum Gasteiger partial charge on any atom is -0.481 e. The van der Waals surface area contributed by atoms with Crippen molar-refractivity contribution in [2.45, 2.75) is 45.1 Å². The lowest BCUT2D eigenvalue weighted by Crippen LogP contribution is -2.43. The van der Waals surface area contributed by atoms with E-state index in [1.807, 2.05) is 31.2 Å². The molecule has 1 aliphatic carbocycles. The summed E-state index contributed by atoms with van der Waals surface area (Å²) < 4.78 is 5.48. The Bertz CT molecular complexity index is 929. The van der Waals surface area contributed by atoms with Crippen LogP contribution in [0.25, 0.3) is 11.1 Å². The zero-order valence-electron chi connectivity index (χ0n) is 18.5. The number of carboxylic acids is 1. The minimum absolute atomic E-state index is 0.0281. The lowest BCUT2D eigenvalue weighted by molar-refractivity contribution is -0.137. The summed E-state index contributed by atoms with van der Waals surface area (Å²) in [5.74, 6) is -1.78.